The van der Waals surface area contributed by atoms with Crippen LogP contribution >= 0.6 is 11.8 Å². The lowest BCUT2D eigenvalue weighted by Gasteiger charge is -2.22. The van der Waals surface area contributed by atoms with Gasteiger partial charge in [-0.05, 0) is 43.9 Å². The summed E-state index contributed by atoms with van der Waals surface area (Å²) in [6, 6.07) is 6.10. The van der Waals surface area contributed by atoms with Crippen LogP contribution in [0.5, 0.6) is 0 Å². The molecule has 1 aliphatic rings. The maximum Gasteiger partial charge on any atom is 0.0669 e. The molecule has 1 heterocycles. The molecular formula is C13H19NOS. The molecule has 16 heavy (non-hydrogen) atoms. The van der Waals surface area contributed by atoms with Crippen LogP contribution in [0.1, 0.15) is 24.8 Å². The summed E-state index contributed by atoms with van der Waals surface area (Å²) in [4.78, 5) is 1.29. The normalized spacial score (nSPS) is 20.9. The van der Waals surface area contributed by atoms with Gasteiger partial charge in [0.05, 0.1) is 6.10 Å². The molecule has 0 radical (unpaired) electrons. The summed E-state index contributed by atoms with van der Waals surface area (Å²) in [5.41, 5.74) is 7.94. The molecule has 2 nitrogen and oxygen atoms in total. The zero-order chi connectivity index (χ0) is 11.4. The zero-order valence-electron chi connectivity index (χ0n) is 9.74. The third kappa shape index (κ3) is 3.16. The van der Waals surface area contributed by atoms with Crippen molar-refractivity contribution in [3.63, 3.8) is 0 Å². The van der Waals surface area contributed by atoms with Gasteiger partial charge in [-0.25, -0.2) is 0 Å². The molecule has 0 amide bonds. The van der Waals surface area contributed by atoms with Gasteiger partial charge < -0.3 is 10.5 Å². The van der Waals surface area contributed by atoms with Crippen LogP contribution in [-0.4, -0.2) is 18.5 Å². The van der Waals surface area contributed by atoms with Crippen LogP contribution in [0, 0.1) is 6.92 Å². The first kappa shape index (κ1) is 11.8. The van der Waals surface area contributed by atoms with Crippen molar-refractivity contribution in [3.05, 3.63) is 23.8 Å². The number of ether oxygens (including phenoxy) is 1. The molecule has 0 aliphatic carbocycles. The van der Waals surface area contributed by atoms with E-state index in [1.54, 1.807) is 0 Å². The minimum atomic E-state index is 0.430. The SMILES string of the molecule is Cc1ccc(N)cc1SCC1CCCCO1. The number of thioether (sulfide) groups is 1. The summed E-state index contributed by atoms with van der Waals surface area (Å²) in [6.45, 7) is 3.06. The molecule has 1 unspecified atom stereocenters. The monoisotopic (exact) mass is 237 g/mol. The van der Waals surface area contributed by atoms with Gasteiger partial charge in [-0.1, -0.05) is 6.07 Å². The second kappa shape index (κ2) is 5.60. The van der Waals surface area contributed by atoms with E-state index < -0.39 is 0 Å². The average Bonchev–Trinajstić information content (AvgIpc) is 2.32. The first-order valence-corrected chi connectivity index (χ1v) is 6.85. The van der Waals surface area contributed by atoms with E-state index in [-0.39, 0.29) is 0 Å². The lowest BCUT2D eigenvalue weighted by molar-refractivity contribution is 0.0315. The van der Waals surface area contributed by atoms with Crippen LogP contribution in [0.4, 0.5) is 5.69 Å². The summed E-state index contributed by atoms with van der Waals surface area (Å²) >= 11 is 1.86. The van der Waals surface area contributed by atoms with E-state index in [0.717, 1.165) is 18.0 Å². The Morgan fingerprint density at radius 2 is 2.31 bits per heavy atom. The Bertz CT molecular complexity index is 348. The first-order valence-electron chi connectivity index (χ1n) is 5.86. The topological polar surface area (TPSA) is 35.2 Å². The van der Waals surface area contributed by atoms with Crippen molar-refractivity contribution in [2.45, 2.75) is 37.2 Å². The van der Waals surface area contributed by atoms with E-state index in [2.05, 4.69) is 19.1 Å². The summed E-state index contributed by atoms with van der Waals surface area (Å²) in [6.07, 6.45) is 4.16. The van der Waals surface area contributed by atoms with Crippen LogP contribution in [0.2, 0.25) is 0 Å². The quantitative estimate of drug-likeness (QED) is 0.647. The molecule has 0 aromatic heterocycles. The fraction of sp³-hybridized carbons (Fsp3) is 0.538. The molecule has 1 aliphatic heterocycles. The highest BCUT2D eigenvalue weighted by molar-refractivity contribution is 7.99. The molecule has 3 heteroatoms. The van der Waals surface area contributed by atoms with E-state index in [0.29, 0.717) is 6.10 Å². The molecule has 1 fully saturated rings. The minimum absolute atomic E-state index is 0.430. The summed E-state index contributed by atoms with van der Waals surface area (Å²) < 4.78 is 5.72. The van der Waals surface area contributed by atoms with Crippen molar-refractivity contribution in [2.24, 2.45) is 0 Å². The Hall–Kier alpha value is -0.670. The lowest BCUT2D eigenvalue weighted by Crippen LogP contribution is -2.21. The summed E-state index contributed by atoms with van der Waals surface area (Å²) in [7, 11) is 0. The molecule has 0 saturated carbocycles. The van der Waals surface area contributed by atoms with Gasteiger partial charge in [-0.3, -0.25) is 0 Å². The van der Waals surface area contributed by atoms with E-state index in [9.17, 15) is 0 Å². The van der Waals surface area contributed by atoms with Gasteiger partial charge in [0, 0.05) is 22.9 Å². The largest absolute Gasteiger partial charge is 0.399 e. The highest BCUT2D eigenvalue weighted by Crippen LogP contribution is 2.27. The average molecular weight is 237 g/mol. The highest BCUT2D eigenvalue weighted by Gasteiger charge is 2.14. The number of rotatable bonds is 3. The van der Waals surface area contributed by atoms with Crippen molar-refractivity contribution >= 4 is 17.4 Å². The second-order valence-corrected chi connectivity index (χ2v) is 5.39. The number of anilines is 1. The molecule has 2 N–H and O–H groups in total. The number of benzene rings is 1. The summed E-state index contributed by atoms with van der Waals surface area (Å²) in [5, 5.41) is 0. The smallest absolute Gasteiger partial charge is 0.0669 e. The molecule has 2 rings (SSSR count). The van der Waals surface area contributed by atoms with Gasteiger partial charge >= 0.3 is 0 Å². The highest BCUT2D eigenvalue weighted by atomic mass is 32.2. The van der Waals surface area contributed by atoms with Gasteiger partial charge in [0.2, 0.25) is 0 Å². The third-order valence-corrected chi connectivity index (χ3v) is 4.20. The minimum Gasteiger partial charge on any atom is -0.399 e. The molecule has 0 bridgehead atoms. The number of aryl methyl sites for hydroxylation is 1. The molecular weight excluding hydrogens is 218 g/mol. The second-order valence-electron chi connectivity index (χ2n) is 4.32. The van der Waals surface area contributed by atoms with Crippen LogP contribution in [-0.2, 0) is 4.74 Å². The van der Waals surface area contributed by atoms with Gasteiger partial charge in [0.25, 0.3) is 0 Å². The zero-order valence-corrected chi connectivity index (χ0v) is 10.6. The third-order valence-electron chi connectivity index (χ3n) is 2.91. The van der Waals surface area contributed by atoms with Crippen molar-refractivity contribution in [3.8, 4) is 0 Å². The Kier molecular flexibility index (Phi) is 4.13. The standard InChI is InChI=1S/C13H19NOS/c1-10-5-6-11(14)8-13(10)16-9-12-4-2-3-7-15-12/h5-6,8,12H,2-4,7,9,14H2,1H3. The fourth-order valence-corrected chi connectivity index (χ4v) is 3.04. The van der Waals surface area contributed by atoms with Gasteiger partial charge in [0.15, 0.2) is 0 Å². The maximum atomic E-state index is 5.79. The lowest BCUT2D eigenvalue weighted by atomic mass is 10.1. The Balaban J connectivity index is 1.90. The van der Waals surface area contributed by atoms with Crippen molar-refractivity contribution in [1.82, 2.24) is 0 Å². The summed E-state index contributed by atoms with van der Waals surface area (Å²) in [5.74, 6) is 1.05. The molecule has 1 saturated heterocycles. The number of nitrogens with two attached hydrogens (primary N) is 1. The molecule has 0 spiro atoms. The number of nitrogen functional groups attached to an aromatic ring is 1. The van der Waals surface area contributed by atoms with E-state index >= 15 is 0 Å². The fourth-order valence-electron chi connectivity index (χ4n) is 1.89. The van der Waals surface area contributed by atoms with Crippen LogP contribution in [0.15, 0.2) is 23.1 Å². The molecule has 88 valence electrons. The molecule has 1 atom stereocenters. The Labute approximate surface area is 102 Å². The Morgan fingerprint density at radius 3 is 3.06 bits per heavy atom. The van der Waals surface area contributed by atoms with Crippen LogP contribution in [0.3, 0.4) is 0 Å². The van der Waals surface area contributed by atoms with E-state index in [4.69, 9.17) is 10.5 Å². The van der Waals surface area contributed by atoms with Crippen molar-refractivity contribution < 1.29 is 4.74 Å². The maximum absolute atomic E-state index is 5.79. The van der Waals surface area contributed by atoms with Crippen LogP contribution in [0.25, 0.3) is 0 Å². The van der Waals surface area contributed by atoms with Gasteiger partial charge in [0.1, 0.15) is 0 Å². The first-order chi connectivity index (χ1) is 7.75. The Morgan fingerprint density at radius 1 is 1.44 bits per heavy atom. The van der Waals surface area contributed by atoms with Crippen molar-refractivity contribution in [2.75, 3.05) is 18.1 Å². The molecule has 1 aromatic rings. The van der Waals surface area contributed by atoms with Crippen molar-refractivity contribution in [1.29, 1.82) is 0 Å². The van der Waals surface area contributed by atoms with E-state index in [1.165, 1.54) is 29.7 Å². The van der Waals surface area contributed by atoms with E-state index in [1.807, 2.05) is 17.8 Å². The predicted octanol–water partition coefficient (Wildman–Crippen LogP) is 3.24. The molecule has 1 aromatic carbocycles. The van der Waals surface area contributed by atoms with Gasteiger partial charge in [-0.15, -0.1) is 11.8 Å². The van der Waals surface area contributed by atoms with Crippen LogP contribution < -0.4 is 5.73 Å². The van der Waals surface area contributed by atoms with Gasteiger partial charge in [-0.2, -0.15) is 0 Å². The number of hydrogen-bond donors (Lipinski definition) is 1. The predicted molar refractivity (Wildman–Crippen MR) is 69.9 cm³/mol. The number of hydrogen-bond acceptors (Lipinski definition) is 3.